The molecule has 18 heavy (non-hydrogen) atoms. The van der Waals surface area contributed by atoms with Crippen LogP contribution >= 0.6 is 0 Å². The zero-order valence-corrected chi connectivity index (χ0v) is 11.9. The molecule has 0 saturated carbocycles. The number of piperazine rings is 1. The summed E-state index contributed by atoms with van der Waals surface area (Å²) in [6.07, 6.45) is 0. The molecule has 0 aliphatic carbocycles. The van der Waals surface area contributed by atoms with Gasteiger partial charge < -0.3 is 10.1 Å². The number of hydrogen-bond donors (Lipinski definition) is 1. The third-order valence-electron chi connectivity index (χ3n) is 3.51. The normalized spacial score (nSPS) is 25.1. The summed E-state index contributed by atoms with van der Waals surface area (Å²) in [7, 11) is 1.74. The highest BCUT2D eigenvalue weighted by atomic mass is 16.5. The first-order valence-electron chi connectivity index (χ1n) is 6.70. The predicted molar refractivity (Wildman–Crippen MR) is 75.1 cm³/mol. The molecule has 1 fully saturated rings. The van der Waals surface area contributed by atoms with Crippen molar-refractivity contribution >= 4 is 0 Å². The molecule has 1 aromatic carbocycles. The molecular weight excluding hydrogens is 224 g/mol. The highest BCUT2D eigenvalue weighted by Crippen LogP contribution is 2.20. The van der Waals surface area contributed by atoms with Crippen LogP contribution in [0.25, 0.3) is 0 Å². The minimum absolute atomic E-state index is 0.570. The summed E-state index contributed by atoms with van der Waals surface area (Å²) in [5.41, 5.74) is 2.53. The average molecular weight is 248 g/mol. The number of ether oxygens (including phenoxy) is 1. The number of hydrogen-bond acceptors (Lipinski definition) is 3. The fraction of sp³-hybridized carbons (Fsp3) is 0.600. The zero-order chi connectivity index (χ0) is 13.1. The van der Waals surface area contributed by atoms with Crippen LogP contribution in [0.1, 0.15) is 25.0 Å². The maximum absolute atomic E-state index is 5.39. The molecule has 0 amide bonds. The van der Waals surface area contributed by atoms with Crippen LogP contribution in [-0.4, -0.2) is 37.2 Å². The summed E-state index contributed by atoms with van der Waals surface area (Å²) in [5.74, 6) is 0.990. The Morgan fingerprint density at radius 1 is 1.28 bits per heavy atom. The van der Waals surface area contributed by atoms with Gasteiger partial charge in [0.15, 0.2) is 0 Å². The summed E-state index contributed by atoms with van der Waals surface area (Å²) in [4.78, 5) is 2.51. The van der Waals surface area contributed by atoms with Crippen LogP contribution in [0.5, 0.6) is 5.75 Å². The van der Waals surface area contributed by atoms with E-state index in [0.29, 0.717) is 12.1 Å². The van der Waals surface area contributed by atoms with Gasteiger partial charge in [-0.3, -0.25) is 4.90 Å². The molecule has 3 nitrogen and oxygen atoms in total. The highest BCUT2D eigenvalue weighted by Gasteiger charge is 2.20. The SMILES string of the molecule is COc1cc(CN2CC(C)NC(C)C2)ccc1C. The van der Waals surface area contributed by atoms with E-state index in [1.54, 1.807) is 7.11 Å². The third-order valence-corrected chi connectivity index (χ3v) is 3.51. The molecular formula is C15H24N2O. The first-order valence-corrected chi connectivity index (χ1v) is 6.70. The van der Waals surface area contributed by atoms with Gasteiger partial charge in [0.25, 0.3) is 0 Å². The molecule has 1 aromatic rings. The molecule has 100 valence electrons. The number of benzene rings is 1. The molecule has 0 bridgehead atoms. The molecule has 2 unspecified atom stereocenters. The topological polar surface area (TPSA) is 24.5 Å². The van der Waals surface area contributed by atoms with E-state index in [2.05, 4.69) is 49.2 Å². The van der Waals surface area contributed by atoms with Crippen molar-refractivity contribution in [3.63, 3.8) is 0 Å². The monoisotopic (exact) mass is 248 g/mol. The largest absolute Gasteiger partial charge is 0.496 e. The van der Waals surface area contributed by atoms with Gasteiger partial charge in [-0.05, 0) is 38.0 Å². The molecule has 1 heterocycles. The maximum Gasteiger partial charge on any atom is 0.122 e. The minimum Gasteiger partial charge on any atom is -0.496 e. The molecule has 3 heteroatoms. The van der Waals surface area contributed by atoms with E-state index in [4.69, 9.17) is 4.74 Å². The molecule has 2 atom stereocenters. The molecule has 0 aromatic heterocycles. The van der Waals surface area contributed by atoms with Gasteiger partial charge in [-0.1, -0.05) is 12.1 Å². The number of nitrogens with one attached hydrogen (secondary N) is 1. The summed E-state index contributed by atoms with van der Waals surface area (Å²) in [5, 5.41) is 3.56. The fourth-order valence-electron chi connectivity index (χ4n) is 2.79. The van der Waals surface area contributed by atoms with Crippen molar-refractivity contribution in [3.8, 4) is 5.75 Å². The van der Waals surface area contributed by atoms with Crippen molar-refractivity contribution in [1.29, 1.82) is 0 Å². The van der Waals surface area contributed by atoms with E-state index >= 15 is 0 Å². The molecule has 1 aliphatic rings. The molecule has 0 spiro atoms. The van der Waals surface area contributed by atoms with E-state index in [1.807, 2.05) is 0 Å². The number of nitrogens with zero attached hydrogens (tertiary/aromatic N) is 1. The van der Waals surface area contributed by atoms with Crippen molar-refractivity contribution in [2.24, 2.45) is 0 Å². The van der Waals surface area contributed by atoms with Crippen LogP contribution in [0, 0.1) is 6.92 Å². The number of rotatable bonds is 3. The zero-order valence-electron chi connectivity index (χ0n) is 11.9. The Morgan fingerprint density at radius 2 is 1.94 bits per heavy atom. The predicted octanol–water partition coefficient (Wildman–Crippen LogP) is 2.19. The van der Waals surface area contributed by atoms with Crippen molar-refractivity contribution in [2.45, 2.75) is 39.4 Å². The Morgan fingerprint density at radius 3 is 2.56 bits per heavy atom. The molecule has 0 radical (unpaired) electrons. The Balaban J connectivity index is 2.04. The van der Waals surface area contributed by atoms with Crippen LogP contribution in [0.4, 0.5) is 0 Å². The molecule has 1 aliphatic heterocycles. The molecule has 1 N–H and O–H groups in total. The minimum atomic E-state index is 0.570. The lowest BCUT2D eigenvalue weighted by Gasteiger charge is -2.36. The highest BCUT2D eigenvalue weighted by molar-refractivity contribution is 5.36. The van der Waals surface area contributed by atoms with Crippen LogP contribution in [0.3, 0.4) is 0 Å². The fourth-order valence-corrected chi connectivity index (χ4v) is 2.79. The smallest absolute Gasteiger partial charge is 0.122 e. The molecule has 1 saturated heterocycles. The summed E-state index contributed by atoms with van der Waals surface area (Å²) < 4.78 is 5.39. The Hall–Kier alpha value is -1.06. The molecule has 2 rings (SSSR count). The quantitative estimate of drug-likeness (QED) is 0.887. The first kappa shape index (κ1) is 13.4. The van der Waals surface area contributed by atoms with Crippen LogP contribution < -0.4 is 10.1 Å². The lowest BCUT2D eigenvalue weighted by atomic mass is 10.1. The third kappa shape index (κ3) is 3.24. The average Bonchev–Trinajstić information content (AvgIpc) is 2.30. The Bertz CT molecular complexity index is 395. The maximum atomic E-state index is 5.39. The van der Waals surface area contributed by atoms with E-state index in [0.717, 1.165) is 25.4 Å². The lowest BCUT2D eigenvalue weighted by molar-refractivity contribution is 0.166. The van der Waals surface area contributed by atoms with Crippen molar-refractivity contribution < 1.29 is 4.74 Å². The van der Waals surface area contributed by atoms with E-state index in [-0.39, 0.29) is 0 Å². The van der Waals surface area contributed by atoms with E-state index < -0.39 is 0 Å². The van der Waals surface area contributed by atoms with Gasteiger partial charge in [-0.15, -0.1) is 0 Å². The van der Waals surface area contributed by atoms with Gasteiger partial charge >= 0.3 is 0 Å². The number of aryl methyl sites for hydroxylation is 1. The van der Waals surface area contributed by atoms with Crippen LogP contribution in [0.15, 0.2) is 18.2 Å². The Kier molecular flexibility index (Phi) is 4.25. The second-order valence-electron chi connectivity index (χ2n) is 5.47. The van der Waals surface area contributed by atoms with Crippen molar-refractivity contribution in [1.82, 2.24) is 10.2 Å². The van der Waals surface area contributed by atoms with E-state index in [9.17, 15) is 0 Å². The summed E-state index contributed by atoms with van der Waals surface area (Å²) in [6.45, 7) is 9.81. The summed E-state index contributed by atoms with van der Waals surface area (Å²) in [6, 6.07) is 7.65. The second kappa shape index (κ2) is 5.72. The van der Waals surface area contributed by atoms with Gasteiger partial charge in [-0.2, -0.15) is 0 Å². The summed E-state index contributed by atoms with van der Waals surface area (Å²) >= 11 is 0. The first-order chi connectivity index (χ1) is 8.58. The number of methoxy groups -OCH3 is 1. The van der Waals surface area contributed by atoms with Crippen molar-refractivity contribution in [2.75, 3.05) is 20.2 Å². The van der Waals surface area contributed by atoms with Gasteiger partial charge in [0.05, 0.1) is 7.11 Å². The van der Waals surface area contributed by atoms with Crippen molar-refractivity contribution in [3.05, 3.63) is 29.3 Å². The Labute approximate surface area is 110 Å². The van der Waals surface area contributed by atoms with Gasteiger partial charge in [-0.25, -0.2) is 0 Å². The van der Waals surface area contributed by atoms with Gasteiger partial charge in [0.1, 0.15) is 5.75 Å². The standard InChI is InChI=1S/C15H24N2O/c1-11-5-6-14(7-15(11)18-4)10-17-8-12(2)16-13(3)9-17/h5-7,12-13,16H,8-10H2,1-4H3. The van der Waals surface area contributed by atoms with Crippen LogP contribution in [0.2, 0.25) is 0 Å². The van der Waals surface area contributed by atoms with E-state index in [1.165, 1.54) is 11.1 Å². The van der Waals surface area contributed by atoms with Gasteiger partial charge in [0.2, 0.25) is 0 Å². The van der Waals surface area contributed by atoms with Gasteiger partial charge in [0, 0.05) is 31.7 Å². The second-order valence-corrected chi connectivity index (χ2v) is 5.47. The lowest BCUT2D eigenvalue weighted by Crippen LogP contribution is -2.53. The van der Waals surface area contributed by atoms with Crippen LogP contribution in [-0.2, 0) is 6.54 Å².